The molecule has 0 bridgehead atoms. The molecular formula is C12H17N3O2. The van der Waals surface area contributed by atoms with Gasteiger partial charge in [0, 0.05) is 25.9 Å². The van der Waals surface area contributed by atoms with E-state index in [2.05, 4.69) is 4.98 Å². The largest absolute Gasteiger partial charge is 0.465 e. The number of aryl methyl sites for hydroxylation is 2. The molecule has 0 spiro atoms. The average Bonchev–Trinajstić information content (AvgIpc) is 2.72. The van der Waals surface area contributed by atoms with Crippen molar-refractivity contribution < 1.29 is 9.53 Å². The molecule has 5 nitrogen and oxygen atoms in total. The molecule has 1 rings (SSSR count). The third-order valence-electron chi connectivity index (χ3n) is 2.74. The summed E-state index contributed by atoms with van der Waals surface area (Å²) in [5, 5.41) is 9.10. The fourth-order valence-electron chi connectivity index (χ4n) is 1.49. The summed E-state index contributed by atoms with van der Waals surface area (Å²) in [5.41, 5.74) is -1.10. The van der Waals surface area contributed by atoms with Crippen molar-refractivity contribution in [2.24, 2.45) is 12.5 Å². The topological polar surface area (TPSA) is 67.9 Å². The summed E-state index contributed by atoms with van der Waals surface area (Å²) in [6.07, 6.45) is 4.52. The normalized spacial score (nSPS) is 13.8. The van der Waals surface area contributed by atoms with Crippen LogP contribution < -0.4 is 0 Å². The van der Waals surface area contributed by atoms with Gasteiger partial charge in [0.1, 0.15) is 5.82 Å². The zero-order valence-corrected chi connectivity index (χ0v) is 10.4. The first kappa shape index (κ1) is 13.2. The minimum absolute atomic E-state index is 0.290. The average molecular weight is 235 g/mol. The summed E-state index contributed by atoms with van der Waals surface area (Å²) >= 11 is 0. The second kappa shape index (κ2) is 5.48. The highest BCUT2D eigenvalue weighted by atomic mass is 16.5. The van der Waals surface area contributed by atoms with E-state index in [-0.39, 0.29) is 0 Å². The van der Waals surface area contributed by atoms with Gasteiger partial charge in [0.25, 0.3) is 0 Å². The van der Waals surface area contributed by atoms with Crippen LogP contribution in [0.5, 0.6) is 0 Å². The van der Waals surface area contributed by atoms with Gasteiger partial charge in [-0.2, -0.15) is 5.26 Å². The lowest BCUT2D eigenvalue weighted by molar-refractivity contribution is -0.151. The van der Waals surface area contributed by atoms with Crippen LogP contribution in [0.3, 0.4) is 0 Å². The highest BCUT2D eigenvalue weighted by Gasteiger charge is 2.34. The first-order chi connectivity index (χ1) is 8.03. The van der Waals surface area contributed by atoms with Crippen LogP contribution in [0.4, 0.5) is 0 Å². The molecule has 1 heterocycles. The SMILES string of the molecule is CCOC(=O)C(C)(C#N)CCc1nccn1C. The Balaban J connectivity index is 2.68. The number of hydrogen-bond acceptors (Lipinski definition) is 4. The van der Waals surface area contributed by atoms with Gasteiger partial charge in [0.05, 0.1) is 12.7 Å². The lowest BCUT2D eigenvalue weighted by atomic mass is 9.87. The molecule has 1 aromatic heterocycles. The minimum atomic E-state index is -1.10. The number of esters is 1. The molecule has 92 valence electrons. The predicted molar refractivity (Wildman–Crippen MR) is 61.9 cm³/mol. The Kier molecular flexibility index (Phi) is 4.27. The highest BCUT2D eigenvalue weighted by molar-refractivity contribution is 5.79. The molecule has 5 heteroatoms. The number of rotatable bonds is 5. The highest BCUT2D eigenvalue weighted by Crippen LogP contribution is 2.24. The van der Waals surface area contributed by atoms with E-state index in [0.717, 1.165) is 5.82 Å². The molecule has 1 unspecified atom stereocenters. The smallest absolute Gasteiger partial charge is 0.326 e. The Morgan fingerprint density at radius 2 is 2.41 bits per heavy atom. The van der Waals surface area contributed by atoms with Gasteiger partial charge >= 0.3 is 5.97 Å². The van der Waals surface area contributed by atoms with Crippen molar-refractivity contribution in [3.8, 4) is 6.07 Å². The minimum Gasteiger partial charge on any atom is -0.465 e. The molecule has 0 aliphatic carbocycles. The van der Waals surface area contributed by atoms with E-state index in [4.69, 9.17) is 10.00 Å². The number of carbonyl (C=O) groups is 1. The zero-order chi connectivity index (χ0) is 12.9. The van der Waals surface area contributed by atoms with E-state index in [9.17, 15) is 4.79 Å². The molecule has 0 N–H and O–H groups in total. The maximum atomic E-state index is 11.7. The molecule has 0 aliphatic heterocycles. The van der Waals surface area contributed by atoms with Crippen molar-refractivity contribution >= 4 is 5.97 Å². The Bertz CT molecular complexity index is 433. The second-order valence-corrected chi connectivity index (χ2v) is 4.12. The van der Waals surface area contributed by atoms with E-state index in [1.165, 1.54) is 0 Å². The van der Waals surface area contributed by atoms with Crippen LogP contribution in [0.1, 0.15) is 26.1 Å². The van der Waals surface area contributed by atoms with Crippen molar-refractivity contribution in [2.75, 3.05) is 6.61 Å². The van der Waals surface area contributed by atoms with Gasteiger partial charge in [-0.05, 0) is 20.3 Å². The molecule has 0 aromatic carbocycles. The summed E-state index contributed by atoms with van der Waals surface area (Å²) in [4.78, 5) is 15.8. The number of aromatic nitrogens is 2. The monoisotopic (exact) mass is 235 g/mol. The number of ether oxygens (including phenoxy) is 1. The van der Waals surface area contributed by atoms with Crippen molar-refractivity contribution in [2.45, 2.75) is 26.7 Å². The van der Waals surface area contributed by atoms with Gasteiger partial charge in [-0.1, -0.05) is 0 Å². The molecule has 0 saturated heterocycles. The first-order valence-electron chi connectivity index (χ1n) is 5.58. The molecule has 1 atom stereocenters. The van der Waals surface area contributed by atoms with Gasteiger partial charge in [-0.3, -0.25) is 4.79 Å². The van der Waals surface area contributed by atoms with Crippen LogP contribution >= 0.6 is 0 Å². The third-order valence-corrected chi connectivity index (χ3v) is 2.74. The molecular weight excluding hydrogens is 218 g/mol. The number of nitriles is 1. The fraction of sp³-hybridized carbons (Fsp3) is 0.583. The van der Waals surface area contributed by atoms with Crippen molar-refractivity contribution in [1.82, 2.24) is 9.55 Å². The summed E-state index contributed by atoms with van der Waals surface area (Å²) < 4.78 is 6.79. The quantitative estimate of drug-likeness (QED) is 0.724. The zero-order valence-electron chi connectivity index (χ0n) is 10.4. The Hall–Kier alpha value is -1.83. The number of nitrogens with zero attached hydrogens (tertiary/aromatic N) is 3. The van der Waals surface area contributed by atoms with Crippen molar-refractivity contribution in [3.05, 3.63) is 18.2 Å². The summed E-state index contributed by atoms with van der Waals surface area (Å²) in [6, 6.07) is 2.03. The fourth-order valence-corrected chi connectivity index (χ4v) is 1.49. The summed E-state index contributed by atoms with van der Waals surface area (Å²) in [7, 11) is 1.89. The van der Waals surface area contributed by atoms with Gasteiger partial charge in [-0.15, -0.1) is 0 Å². The van der Waals surface area contributed by atoms with Crippen molar-refractivity contribution in [1.29, 1.82) is 5.26 Å². The standard InChI is InChI=1S/C12H17N3O2/c1-4-17-11(16)12(2,9-13)6-5-10-14-7-8-15(10)3/h7-8H,4-6H2,1-3H3. The number of carbonyl (C=O) groups excluding carboxylic acids is 1. The molecule has 0 saturated carbocycles. The summed E-state index contributed by atoms with van der Waals surface area (Å²) in [5.74, 6) is 0.396. The number of imidazole rings is 1. The third kappa shape index (κ3) is 3.06. The maximum absolute atomic E-state index is 11.7. The van der Waals surface area contributed by atoms with Gasteiger partial charge in [0.15, 0.2) is 5.41 Å². The lowest BCUT2D eigenvalue weighted by Gasteiger charge is -2.18. The van der Waals surface area contributed by atoms with Crippen LogP contribution in [-0.2, 0) is 23.0 Å². The molecule has 0 amide bonds. The van der Waals surface area contributed by atoms with Crippen LogP contribution in [-0.4, -0.2) is 22.1 Å². The first-order valence-corrected chi connectivity index (χ1v) is 5.58. The van der Waals surface area contributed by atoms with Crippen LogP contribution in [0.15, 0.2) is 12.4 Å². The van der Waals surface area contributed by atoms with Crippen LogP contribution in [0, 0.1) is 16.7 Å². The van der Waals surface area contributed by atoms with E-state index < -0.39 is 11.4 Å². The van der Waals surface area contributed by atoms with E-state index in [1.807, 2.05) is 23.9 Å². The number of hydrogen-bond donors (Lipinski definition) is 0. The van der Waals surface area contributed by atoms with E-state index in [0.29, 0.717) is 19.4 Å². The van der Waals surface area contributed by atoms with Crippen LogP contribution in [0.25, 0.3) is 0 Å². The van der Waals surface area contributed by atoms with Gasteiger partial charge in [-0.25, -0.2) is 4.98 Å². The summed E-state index contributed by atoms with van der Waals surface area (Å²) in [6.45, 7) is 3.63. The second-order valence-electron chi connectivity index (χ2n) is 4.12. The van der Waals surface area contributed by atoms with Gasteiger partial charge in [0.2, 0.25) is 0 Å². The van der Waals surface area contributed by atoms with Crippen molar-refractivity contribution in [3.63, 3.8) is 0 Å². The Morgan fingerprint density at radius 1 is 1.71 bits per heavy atom. The Morgan fingerprint density at radius 3 is 2.88 bits per heavy atom. The molecule has 1 aromatic rings. The van der Waals surface area contributed by atoms with Crippen LogP contribution in [0.2, 0.25) is 0 Å². The molecule has 0 aliphatic rings. The molecule has 0 radical (unpaired) electrons. The molecule has 17 heavy (non-hydrogen) atoms. The predicted octanol–water partition coefficient (Wildman–Crippen LogP) is 1.45. The molecule has 0 fully saturated rings. The Labute approximate surface area is 101 Å². The van der Waals surface area contributed by atoms with E-state index in [1.54, 1.807) is 20.0 Å². The van der Waals surface area contributed by atoms with E-state index >= 15 is 0 Å². The lowest BCUT2D eigenvalue weighted by Crippen LogP contribution is -2.29. The van der Waals surface area contributed by atoms with Gasteiger partial charge < -0.3 is 9.30 Å². The maximum Gasteiger partial charge on any atom is 0.326 e.